The Morgan fingerprint density at radius 2 is 1.93 bits per heavy atom. The Kier molecular flexibility index (Phi) is 6.52. The molecule has 2 saturated heterocycles. The predicted octanol–water partition coefficient (Wildman–Crippen LogP) is 4.04. The fraction of sp³-hybridized carbons (Fsp3) is 0.652. The minimum Gasteiger partial charge on any atom is -0.444 e. The molecule has 0 aromatic heterocycles. The highest BCUT2D eigenvalue weighted by molar-refractivity contribution is 5.82. The van der Waals surface area contributed by atoms with Crippen LogP contribution in [0.15, 0.2) is 18.2 Å². The predicted molar refractivity (Wildman–Crippen MR) is 112 cm³/mol. The Balaban J connectivity index is 1.55. The molecule has 0 radical (unpaired) electrons. The van der Waals surface area contributed by atoms with Gasteiger partial charge in [-0.3, -0.25) is 4.79 Å². The van der Waals surface area contributed by atoms with Crippen LogP contribution in [-0.4, -0.2) is 47.8 Å². The van der Waals surface area contributed by atoms with Crippen LogP contribution in [-0.2, 0) is 14.3 Å². The standard InChI is InChI=1S/C23H34N2O4/c1-15-8-9-17(13-16(15)2)19-7-6-12-25(19)21(26)20-11-10-18(28-20)14-24-22(27)29-23(3,4)5/h8-9,13,18-20H,6-7,10-12,14H2,1-5H3,(H,24,27)/t18-,19+,20+/m1/s1. The van der Waals surface area contributed by atoms with Crippen molar-refractivity contribution in [3.8, 4) is 0 Å². The number of nitrogens with one attached hydrogen (secondary N) is 1. The fourth-order valence-corrected chi connectivity index (χ4v) is 4.08. The number of carbonyl (C=O) groups excluding carboxylic acids is 2. The second-order valence-electron chi connectivity index (χ2n) is 9.24. The second kappa shape index (κ2) is 8.74. The maximum Gasteiger partial charge on any atom is 0.407 e. The Hall–Kier alpha value is -2.08. The number of carbonyl (C=O) groups is 2. The lowest BCUT2D eigenvalue weighted by Gasteiger charge is -2.28. The molecule has 0 saturated carbocycles. The highest BCUT2D eigenvalue weighted by atomic mass is 16.6. The van der Waals surface area contributed by atoms with Crippen molar-refractivity contribution in [3.63, 3.8) is 0 Å². The maximum absolute atomic E-state index is 13.1. The van der Waals surface area contributed by atoms with Gasteiger partial charge >= 0.3 is 6.09 Å². The Morgan fingerprint density at radius 3 is 2.62 bits per heavy atom. The van der Waals surface area contributed by atoms with Gasteiger partial charge in [0.2, 0.25) is 0 Å². The molecule has 1 N–H and O–H groups in total. The molecule has 3 rings (SSSR count). The topological polar surface area (TPSA) is 67.9 Å². The van der Waals surface area contributed by atoms with Crippen LogP contribution in [0.4, 0.5) is 4.79 Å². The number of aryl methyl sites for hydroxylation is 2. The summed E-state index contributed by atoms with van der Waals surface area (Å²) in [5.41, 5.74) is 3.20. The Labute approximate surface area is 173 Å². The molecule has 3 atom stereocenters. The quantitative estimate of drug-likeness (QED) is 0.825. The third-order valence-electron chi connectivity index (χ3n) is 5.71. The summed E-state index contributed by atoms with van der Waals surface area (Å²) >= 11 is 0. The lowest BCUT2D eigenvalue weighted by atomic mass is 9.99. The van der Waals surface area contributed by atoms with Gasteiger partial charge in [-0.05, 0) is 77.0 Å². The molecule has 6 heteroatoms. The minimum absolute atomic E-state index is 0.0745. The minimum atomic E-state index is -0.530. The van der Waals surface area contributed by atoms with Crippen molar-refractivity contribution in [3.05, 3.63) is 34.9 Å². The molecule has 1 aromatic carbocycles. The van der Waals surface area contributed by atoms with E-state index in [-0.39, 0.29) is 18.1 Å². The van der Waals surface area contributed by atoms with Crippen LogP contribution in [0.1, 0.15) is 69.2 Å². The SMILES string of the molecule is Cc1ccc([C@@H]2CCCN2C(=O)[C@@H]2CC[C@H](CNC(=O)OC(C)(C)C)O2)cc1C. The molecule has 0 unspecified atom stereocenters. The monoisotopic (exact) mass is 402 g/mol. The lowest BCUT2D eigenvalue weighted by Crippen LogP contribution is -2.40. The van der Waals surface area contributed by atoms with Gasteiger partial charge in [0.25, 0.3) is 5.91 Å². The summed E-state index contributed by atoms with van der Waals surface area (Å²) in [5.74, 6) is 0.0745. The van der Waals surface area contributed by atoms with E-state index >= 15 is 0 Å². The van der Waals surface area contributed by atoms with E-state index in [9.17, 15) is 9.59 Å². The van der Waals surface area contributed by atoms with Gasteiger partial charge in [-0.1, -0.05) is 18.2 Å². The summed E-state index contributed by atoms with van der Waals surface area (Å²) in [6.07, 6.45) is 2.42. The van der Waals surface area contributed by atoms with Crippen molar-refractivity contribution in [2.75, 3.05) is 13.1 Å². The first-order valence-corrected chi connectivity index (χ1v) is 10.6. The zero-order chi connectivity index (χ0) is 21.2. The van der Waals surface area contributed by atoms with Crippen LogP contribution in [0.3, 0.4) is 0 Å². The van der Waals surface area contributed by atoms with Crippen molar-refractivity contribution in [1.29, 1.82) is 0 Å². The molecular weight excluding hydrogens is 368 g/mol. The molecule has 2 heterocycles. The normalized spacial score (nSPS) is 24.6. The van der Waals surface area contributed by atoms with E-state index in [1.54, 1.807) is 0 Å². The average molecular weight is 403 g/mol. The van der Waals surface area contributed by atoms with Gasteiger partial charge in [-0.25, -0.2) is 4.79 Å². The Morgan fingerprint density at radius 1 is 1.17 bits per heavy atom. The number of likely N-dealkylation sites (tertiary alicyclic amines) is 1. The highest BCUT2D eigenvalue weighted by Crippen LogP contribution is 2.35. The van der Waals surface area contributed by atoms with Crippen LogP contribution < -0.4 is 5.32 Å². The van der Waals surface area contributed by atoms with Crippen LogP contribution >= 0.6 is 0 Å². The molecule has 0 aliphatic carbocycles. The molecule has 0 spiro atoms. The van der Waals surface area contributed by atoms with Crippen molar-refractivity contribution >= 4 is 12.0 Å². The second-order valence-corrected chi connectivity index (χ2v) is 9.24. The molecule has 2 fully saturated rings. The number of alkyl carbamates (subject to hydrolysis) is 1. The van der Waals surface area contributed by atoms with E-state index in [2.05, 4.69) is 37.4 Å². The van der Waals surface area contributed by atoms with E-state index in [0.29, 0.717) is 13.0 Å². The average Bonchev–Trinajstić information content (AvgIpc) is 3.30. The molecule has 2 aliphatic heterocycles. The first-order valence-electron chi connectivity index (χ1n) is 10.6. The molecule has 2 amide bonds. The molecule has 160 valence electrons. The third-order valence-corrected chi connectivity index (χ3v) is 5.71. The largest absolute Gasteiger partial charge is 0.444 e. The van der Waals surface area contributed by atoms with Crippen molar-refractivity contribution in [2.24, 2.45) is 0 Å². The van der Waals surface area contributed by atoms with E-state index < -0.39 is 17.8 Å². The molecule has 2 aliphatic rings. The van der Waals surface area contributed by atoms with Crippen molar-refractivity contribution in [1.82, 2.24) is 10.2 Å². The summed E-state index contributed by atoms with van der Waals surface area (Å²) in [5, 5.41) is 2.75. The van der Waals surface area contributed by atoms with Crippen LogP contribution in [0.2, 0.25) is 0 Å². The van der Waals surface area contributed by atoms with Gasteiger partial charge in [0, 0.05) is 13.1 Å². The smallest absolute Gasteiger partial charge is 0.407 e. The van der Waals surface area contributed by atoms with E-state index in [0.717, 1.165) is 25.8 Å². The summed E-state index contributed by atoms with van der Waals surface area (Å²) in [6.45, 7) is 10.8. The third kappa shape index (κ3) is 5.50. The van der Waals surface area contributed by atoms with Gasteiger partial charge in [0.1, 0.15) is 11.7 Å². The van der Waals surface area contributed by atoms with Gasteiger partial charge in [0.05, 0.1) is 12.1 Å². The number of benzene rings is 1. The van der Waals surface area contributed by atoms with Crippen LogP contribution in [0.5, 0.6) is 0 Å². The van der Waals surface area contributed by atoms with Crippen LogP contribution in [0.25, 0.3) is 0 Å². The van der Waals surface area contributed by atoms with Gasteiger partial charge in [-0.15, -0.1) is 0 Å². The number of amides is 2. The fourth-order valence-electron chi connectivity index (χ4n) is 4.08. The zero-order valence-corrected chi connectivity index (χ0v) is 18.3. The molecular formula is C23H34N2O4. The summed E-state index contributed by atoms with van der Waals surface area (Å²) in [7, 11) is 0. The van der Waals surface area contributed by atoms with E-state index in [1.807, 2.05) is 25.7 Å². The lowest BCUT2D eigenvalue weighted by molar-refractivity contribution is -0.143. The molecule has 1 aromatic rings. The summed E-state index contributed by atoms with van der Waals surface area (Å²) < 4.78 is 11.2. The van der Waals surface area contributed by atoms with Crippen molar-refractivity contribution < 1.29 is 19.1 Å². The van der Waals surface area contributed by atoms with Gasteiger partial charge < -0.3 is 19.7 Å². The zero-order valence-electron chi connectivity index (χ0n) is 18.3. The van der Waals surface area contributed by atoms with E-state index in [4.69, 9.17) is 9.47 Å². The van der Waals surface area contributed by atoms with Gasteiger partial charge in [0.15, 0.2) is 0 Å². The summed E-state index contributed by atoms with van der Waals surface area (Å²) in [4.78, 5) is 27.0. The van der Waals surface area contributed by atoms with E-state index in [1.165, 1.54) is 16.7 Å². The molecule has 0 bridgehead atoms. The van der Waals surface area contributed by atoms with Crippen LogP contribution in [0, 0.1) is 13.8 Å². The molecule has 6 nitrogen and oxygen atoms in total. The Bertz CT molecular complexity index is 756. The number of nitrogens with zero attached hydrogens (tertiary/aromatic N) is 1. The van der Waals surface area contributed by atoms with Gasteiger partial charge in [-0.2, -0.15) is 0 Å². The highest BCUT2D eigenvalue weighted by Gasteiger charge is 2.38. The number of ether oxygens (including phenoxy) is 2. The van der Waals surface area contributed by atoms with Crippen molar-refractivity contribution in [2.45, 2.75) is 84.2 Å². The molecule has 29 heavy (non-hydrogen) atoms. The summed E-state index contributed by atoms with van der Waals surface area (Å²) in [6, 6.07) is 6.61. The maximum atomic E-state index is 13.1. The number of hydrogen-bond acceptors (Lipinski definition) is 4. The number of hydrogen-bond donors (Lipinski definition) is 1. The first-order chi connectivity index (χ1) is 13.6. The number of rotatable bonds is 4. The first kappa shape index (κ1) is 21.6.